The van der Waals surface area contributed by atoms with Gasteiger partial charge >= 0.3 is 5.97 Å². The van der Waals surface area contributed by atoms with Crippen molar-refractivity contribution in [1.29, 1.82) is 0 Å². The summed E-state index contributed by atoms with van der Waals surface area (Å²) in [4.78, 5) is 22.4. The molecule has 0 aliphatic rings. The van der Waals surface area contributed by atoms with Crippen LogP contribution in [0.15, 0.2) is 30.3 Å². The topological polar surface area (TPSA) is 75.6 Å². The molecule has 0 heterocycles. The average molecular weight is 293 g/mol. The minimum Gasteiger partial charge on any atom is -0.481 e. The minimum absolute atomic E-state index is 0.140. The van der Waals surface area contributed by atoms with Gasteiger partial charge in [0.1, 0.15) is 0 Å². The Hall–Kier alpha value is -1.88. The molecule has 1 rings (SSSR count). The molecule has 0 fully saturated rings. The summed E-state index contributed by atoms with van der Waals surface area (Å²) in [6.07, 6.45) is 0.957. The van der Waals surface area contributed by atoms with Crippen molar-refractivity contribution >= 4 is 11.9 Å². The number of ether oxygens (including phenoxy) is 1. The number of amides is 1. The van der Waals surface area contributed by atoms with Gasteiger partial charge in [-0.1, -0.05) is 30.3 Å². The third-order valence-corrected chi connectivity index (χ3v) is 3.33. The Morgan fingerprint density at radius 3 is 2.52 bits per heavy atom. The average Bonchev–Trinajstić information content (AvgIpc) is 2.47. The van der Waals surface area contributed by atoms with Crippen LogP contribution >= 0.6 is 0 Å². The van der Waals surface area contributed by atoms with Gasteiger partial charge in [-0.15, -0.1) is 0 Å². The number of benzene rings is 1. The highest BCUT2D eigenvalue weighted by molar-refractivity contribution is 5.77. The van der Waals surface area contributed by atoms with Gasteiger partial charge in [-0.3, -0.25) is 9.59 Å². The predicted molar refractivity (Wildman–Crippen MR) is 79.7 cm³/mol. The van der Waals surface area contributed by atoms with Crippen LogP contribution in [0.2, 0.25) is 0 Å². The van der Waals surface area contributed by atoms with Crippen LogP contribution in [-0.4, -0.2) is 29.6 Å². The maximum absolute atomic E-state index is 11.7. The molecule has 0 radical (unpaired) electrons. The van der Waals surface area contributed by atoms with Crippen LogP contribution in [0.3, 0.4) is 0 Å². The maximum atomic E-state index is 11.7. The molecule has 0 saturated carbocycles. The van der Waals surface area contributed by atoms with E-state index in [1.807, 2.05) is 30.3 Å². The van der Waals surface area contributed by atoms with Crippen molar-refractivity contribution in [2.45, 2.75) is 39.3 Å². The van der Waals surface area contributed by atoms with Crippen LogP contribution in [-0.2, 0) is 20.9 Å². The van der Waals surface area contributed by atoms with Gasteiger partial charge in [0.05, 0.1) is 12.5 Å². The first-order valence-electron chi connectivity index (χ1n) is 7.14. The maximum Gasteiger partial charge on any atom is 0.308 e. The lowest BCUT2D eigenvalue weighted by molar-refractivity contribution is -0.142. The normalized spacial score (nSPS) is 13.4. The molecule has 1 amide bonds. The molecular weight excluding hydrogens is 270 g/mol. The quantitative estimate of drug-likeness (QED) is 0.684. The zero-order valence-electron chi connectivity index (χ0n) is 12.5. The molecule has 116 valence electrons. The van der Waals surface area contributed by atoms with E-state index >= 15 is 0 Å². The standard InChI is InChI=1S/C16H23NO4/c1-12(16(19)20)13(2)17-15(18)9-6-10-21-11-14-7-4-3-5-8-14/h3-5,7-8,12-13H,6,9-11H2,1-2H3,(H,17,18)(H,19,20). The third-order valence-electron chi connectivity index (χ3n) is 3.33. The number of carbonyl (C=O) groups is 2. The molecule has 5 heteroatoms. The summed E-state index contributed by atoms with van der Waals surface area (Å²) < 4.78 is 5.49. The summed E-state index contributed by atoms with van der Waals surface area (Å²) >= 11 is 0. The monoisotopic (exact) mass is 293 g/mol. The molecule has 0 aliphatic carbocycles. The molecule has 2 atom stereocenters. The zero-order chi connectivity index (χ0) is 15.7. The highest BCUT2D eigenvalue weighted by Crippen LogP contribution is 2.04. The van der Waals surface area contributed by atoms with Crippen molar-refractivity contribution in [2.24, 2.45) is 5.92 Å². The van der Waals surface area contributed by atoms with Gasteiger partial charge in [0, 0.05) is 19.1 Å². The van der Waals surface area contributed by atoms with Gasteiger partial charge < -0.3 is 15.2 Å². The lowest BCUT2D eigenvalue weighted by Gasteiger charge is -2.17. The van der Waals surface area contributed by atoms with Crippen molar-refractivity contribution in [3.63, 3.8) is 0 Å². The first kappa shape index (κ1) is 17.2. The smallest absolute Gasteiger partial charge is 0.308 e. The van der Waals surface area contributed by atoms with Gasteiger partial charge in [0.2, 0.25) is 5.91 Å². The number of carbonyl (C=O) groups excluding carboxylic acids is 1. The summed E-state index contributed by atoms with van der Waals surface area (Å²) in [7, 11) is 0. The fraction of sp³-hybridized carbons (Fsp3) is 0.500. The SMILES string of the molecule is CC(NC(=O)CCCOCc1ccccc1)C(C)C(=O)O. The van der Waals surface area contributed by atoms with Crippen molar-refractivity contribution < 1.29 is 19.4 Å². The van der Waals surface area contributed by atoms with E-state index in [2.05, 4.69) is 5.32 Å². The minimum atomic E-state index is -0.908. The van der Waals surface area contributed by atoms with Crippen molar-refractivity contribution in [3.8, 4) is 0 Å². The van der Waals surface area contributed by atoms with Crippen LogP contribution in [0.5, 0.6) is 0 Å². The van der Waals surface area contributed by atoms with Crippen LogP contribution in [0.1, 0.15) is 32.3 Å². The molecule has 5 nitrogen and oxygen atoms in total. The molecule has 21 heavy (non-hydrogen) atoms. The number of hydrogen-bond acceptors (Lipinski definition) is 3. The molecule has 0 spiro atoms. The Labute approximate surface area is 125 Å². The van der Waals surface area contributed by atoms with E-state index in [1.165, 1.54) is 0 Å². The Morgan fingerprint density at radius 1 is 1.24 bits per heavy atom. The number of hydrogen-bond donors (Lipinski definition) is 2. The highest BCUT2D eigenvalue weighted by Gasteiger charge is 2.20. The van der Waals surface area contributed by atoms with Gasteiger partial charge in [0.15, 0.2) is 0 Å². The summed E-state index contributed by atoms with van der Waals surface area (Å²) in [6.45, 7) is 4.32. The second-order valence-electron chi connectivity index (χ2n) is 5.12. The van der Waals surface area contributed by atoms with Gasteiger partial charge in [-0.2, -0.15) is 0 Å². The molecule has 0 aliphatic heterocycles. The first-order chi connectivity index (χ1) is 10.0. The lowest BCUT2D eigenvalue weighted by atomic mass is 10.0. The number of nitrogens with one attached hydrogen (secondary N) is 1. The Bertz CT molecular complexity index is 447. The molecule has 1 aromatic rings. The van der Waals surface area contributed by atoms with Gasteiger partial charge in [0.25, 0.3) is 0 Å². The van der Waals surface area contributed by atoms with E-state index in [0.717, 1.165) is 5.56 Å². The second-order valence-corrected chi connectivity index (χ2v) is 5.12. The molecule has 0 aromatic heterocycles. The third kappa shape index (κ3) is 6.90. The second kappa shape index (κ2) is 9.13. The highest BCUT2D eigenvalue weighted by atomic mass is 16.5. The zero-order valence-corrected chi connectivity index (χ0v) is 12.5. The number of carboxylic acid groups (broad SMARTS) is 1. The molecular formula is C16H23NO4. The van der Waals surface area contributed by atoms with E-state index in [0.29, 0.717) is 26.1 Å². The van der Waals surface area contributed by atoms with E-state index < -0.39 is 11.9 Å². The van der Waals surface area contributed by atoms with Crippen molar-refractivity contribution in [1.82, 2.24) is 5.32 Å². The largest absolute Gasteiger partial charge is 0.481 e. The Kier molecular flexibility index (Phi) is 7.46. The summed E-state index contributed by atoms with van der Waals surface area (Å²) in [5, 5.41) is 11.5. The van der Waals surface area contributed by atoms with E-state index in [9.17, 15) is 9.59 Å². The molecule has 0 bridgehead atoms. The Balaban J connectivity index is 2.12. The molecule has 1 aromatic carbocycles. The summed E-state index contributed by atoms with van der Waals surface area (Å²) in [6, 6.07) is 9.46. The van der Waals surface area contributed by atoms with Crippen molar-refractivity contribution in [3.05, 3.63) is 35.9 Å². The molecule has 2 unspecified atom stereocenters. The molecule has 2 N–H and O–H groups in total. The van der Waals surface area contributed by atoms with Crippen LogP contribution < -0.4 is 5.32 Å². The fourth-order valence-electron chi connectivity index (χ4n) is 1.76. The van der Waals surface area contributed by atoms with Crippen LogP contribution in [0.4, 0.5) is 0 Å². The fourth-order valence-corrected chi connectivity index (χ4v) is 1.76. The van der Waals surface area contributed by atoms with Crippen LogP contribution in [0.25, 0.3) is 0 Å². The van der Waals surface area contributed by atoms with E-state index in [4.69, 9.17) is 9.84 Å². The molecule has 0 saturated heterocycles. The van der Waals surface area contributed by atoms with Crippen LogP contribution in [0, 0.1) is 5.92 Å². The van der Waals surface area contributed by atoms with Gasteiger partial charge in [-0.05, 0) is 25.8 Å². The predicted octanol–water partition coefficient (Wildman–Crippen LogP) is 2.21. The van der Waals surface area contributed by atoms with Crippen molar-refractivity contribution in [2.75, 3.05) is 6.61 Å². The number of aliphatic carboxylic acids is 1. The Morgan fingerprint density at radius 2 is 1.90 bits per heavy atom. The lowest BCUT2D eigenvalue weighted by Crippen LogP contribution is -2.40. The summed E-state index contributed by atoms with van der Waals surface area (Å²) in [5.74, 6) is -1.64. The van der Waals surface area contributed by atoms with E-state index in [-0.39, 0.29) is 11.9 Å². The first-order valence-corrected chi connectivity index (χ1v) is 7.14. The van der Waals surface area contributed by atoms with Gasteiger partial charge in [-0.25, -0.2) is 0 Å². The number of carboxylic acids is 1. The number of rotatable bonds is 9. The summed E-state index contributed by atoms with van der Waals surface area (Å²) in [5.41, 5.74) is 1.10. The van der Waals surface area contributed by atoms with E-state index in [1.54, 1.807) is 13.8 Å².